The molecule has 0 spiro atoms. The van der Waals surface area contributed by atoms with Gasteiger partial charge in [0.2, 0.25) is 0 Å². The molecule has 0 bridgehead atoms. The second-order valence-corrected chi connectivity index (χ2v) is 7.73. The standard InChI is InChI=1S/C19H39NO/c1-6-21-11-7-8-18-12-17(16(4)5)9-10-19(18)14-20-13-15(2)3/h15-20H,6-14H2,1-5H3. The Bertz CT molecular complexity index is 250. The Balaban J connectivity index is 2.41. The van der Waals surface area contributed by atoms with Crippen molar-refractivity contribution in [3.63, 3.8) is 0 Å². The quantitative estimate of drug-likeness (QED) is 0.588. The average Bonchev–Trinajstić information content (AvgIpc) is 2.44. The number of hydrogen-bond donors (Lipinski definition) is 1. The Morgan fingerprint density at radius 2 is 1.86 bits per heavy atom. The van der Waals surface area contributed by atoms with Crippen LogP contribution in [0.3, 0.4) is 0 Å². The fraction of sp³-hybridized carbons (Fsp3) is 1.00. The van der Waals surface area contributed by atoms with Crippen LogP contribution in [0.5, 0.6) is 0 Å². The van der Waals surface area contributed by atoms with E-state index < -0.39 is 0 Å². The van der Waals surface area contributed by atoms with Crippen molar-refractivity contribution in [3.05, 3.63) is 0 Å². The number of nitrogens with one attached hydrogen (secondary N) is 1. The molecule has 0 aliphatic heterocycles. The molecule has 0 aromatic heterocycles. The highest BCUT2D eigenvalue weighted by Crippen LogP contribution is 2.39. The minimum absolute atomic E-state index is 0.758. The summed E-state index contributed by atoms with van der Waals surface area (Å²) >= 11 is 0. The van der Waals surface area contributed by atoms with E-state index >= 15 is 0 Å². The second kappa shape index (κ2) is 10.6. The first-order chi connectivity index (χ1) is 10.0. The summed E-state index contributed by atoms with van der Waals surface area (Å²) in [7, 11) is 0. The van der Waals surface area contributed by atoms with Crippen LogP contribution in [0.1, 0.15) is 66.7 Å². The zero-order chi connectivity index (χ0) is 15.7. The van der Waals surface area contributed by atoms with Gasteiger partial charge in [0.25, 0.3) is 0 Å². The minimum Gasteiger partial charge on any atom is -0.382 e. The molecule has 1 N–H and O–H groups in total. The van der Waals surface area contributed by atoms with Gasteiger partial charge in [-0.05, 0) is 81.7 Å². The van der Waals surface area contributed by atoms with Crippen LogP contribution in [-0.2, 0) is 4.74 Å². The Labute approximate surface area is 133 Å². The van der Waals surface area contributed by atoms with Crippen molar-refractivity contribution in [1.29, 1.82) is 0 Å². The van der Waals surface area contributed by atoms with Gasteiger partial charge in [0.15, 0.2) is 0 Å². The fourth-order valence-corrected chi connectivity index (χ4v) is 3.74. The summed E-state index contributed by atoms with van der Waals surface area (Å²) in [6, 6.07) is 0. The molecule has 0 saturated heterocycles. The molecule has 2 heteroatoms. The largest absolute Gasteiger partial charge is 0.382 e. The van der Waals surface area contributed by atoms with Crippen LogP contribution in [0.4, 0.5) is 0 Å². The molecular weight excluding hydrogens is 258 g/mol. The molecule has 21 heavy (non-hydrogen) atoms. The van der Waals surface area contributed by atoms with E-state index in [1.54, 1.807) is 0 Å². The van der Waals surface area contributed by atoms with Gasteiger partial charge in [-0.1, -0.05) is 27.7 Å². The van der Waals surface area contributed by atoms with Crippen molar-refractivity contribution in [2.75, 3.05) is 26.3 Å². The van der Waals surface area contributed by atoms with E-state index in [9.17, 15) is 0 Å². The third kappa shape index (κ3) is 7.65. The van der Waals surface area contributed by atoms with Gasteiger partial charge in [-0.3, -0.25) is 0 Å². The lowest BCUT2D eigenvalue weighted by Gasteiger charge is -2.38. The van der Waals surface area contributed by atoms with Gasteiger partial charge in [0.05, 0.1) is 0 Å². The van der Waals surface area contributed by atoms with Crippen LogP contribution >= 0.6 is 0 Å². The van der Waals surface area contributed by atoms with Crippen molar-refractivity contribution in [2.45, 2.75) is 66.7 Å². The highest BCUT2D eigenvalue weighted by atomic mass is 16.5. The number of hydrogen-bond acceptors (Lipinski definition) is 2. The predicted molar refractivity (Wildman–Crippen MR) is 92.6 cm³/mol. The zero-order valence-corrected chi connectivity index (χ0v) is 15.2. The van der Waals surface area contributed by atoms with Crippen molar-refractivity contribution < 1.29 is 4.74 Å². The summed E-state index contributed by atoms with van der Waals surface area (Å²) in [5, 5.41) is 3.70. The SMILES string of the molecule is CCOCCCC1CC(C(C)C)CCC1CNCC(C)C. The van der Waals surface area contributed by atoms with E-state index in [-0.39, 0.29) is 0 Å². The molecule has 1 aliphatic rings. The third-order valence-corrected chi connectivity index (χ3v) is 5.15. The first kappa shape index (κ1) is 19.0. The van der Waals surface area contributed by atoms with Gasteiger partial charge >= 0.3 is 0 Å². The fourth-order valence-electron chi connectivity index (χ4n) is 3.74. The summed E-state index contributed by atoms with van der Waals surface area (Å²) in [6.07, 6.45) is 6.90. The van der Waals surface area contributed by atoms with Crippen molar-refractivity contribution in [2.24, 2.45) is 29.6 Å². The predicted octanol–water partition coefficient (Wildman–Crippen LogP) is 4.74. The van der Waals surface area contributed by atoms with Crippen LogP contribution in [-0.4, -0.2) is 26.3 Å². The minimum atomic E-state index is 0.758. The average molecular weight is 298 g/mol. The van der Waals surface area contributed by atoms with E-state index in [1.165, 1.54) is 38.6 Å². The molecule has 1 aliphatic carbocycles. The molecule has 1 rings (SSSR count). The number of rotatable bonds is 10. The molecule has 0 amide bonds. The van der Waals surface area contributed by atoms with Crippen LogP contribution in [0.25, 0.3) is 0 Å². The third-order valence-electron chi connectivity index (χ3n) is 5.15. The monoisotopic (exact) mass is 297 g/mol. The first-order valence-electron chi connectivity index (χ1n) is 9.33. The van der Waals surface area contributed by atoms with Crippen molar-refractivity contribution >= 4 is 0 Å². The lowest BCUT2D eigenvalue weighted by molar-refractivity contribution is 0.107. The van der Waals surface area contributed by atoms with Gasteiger partial charge in [-0.2, -0.15) is 0 Å². The van der Waals surface area contributed by atoms with E-state index in [0.29, 0.717) is 0 Å². The van der Waals surface area contributed by atoms with Crippen LogP contribution < -0.4 is 5.32 Å². The van der Waals surface area contributed by atoms with Gasteiger partial charge < -0.3 is 10.1 Å². The Morgan fingerprint density at radius 3 is 2.48 bits per heavy atom. The van der Waals surface area contributed by atoms with Gasteiger partial charge in [0, 0.05) is 13.2 Å². The van der Waals surface area contributed by atoms with E-state index in [4.69, 9.17) is 4.74 Å². The molecule has 0 radical (unpaired) electrons. The van der Waals surface area contributed by atoms with E-state index in [2.05, 4.69) is 39.9 Å². The normalized spacial score (nSPS) is 26.7. The molecule has 0 aromatic carbocycles. The maximum absolute atomic E-state index is 5.53. The van der Waals surface area contributed by atoms with Crippen LogP contribution in [0.2, 0.25) is 0 Å². The topological polar surface area (TPSA) is 21.3 Å². The van der Waals surface area contributed by atoms with Crippen LogP contribution in [0, 0.1) is 29.6 Å². The molecule has 2 nitrogen and oxygen atoms in total. The summed E-state index contributed by atoms with van der Waals surface area (Å²) in [4.78, 5) is 0. The number of ether oxygens (including phenoxy) is 1. The lowest BCUT2D eigenvalue weighted by atomic mass is 9.69. The van der Waals surface area contributed by atoms with Crippen LogP contribution in [0.15, 0.2) is 0 Å². The molecule has 126 valence electrons. The molecule has 1 fully saturated rings. The molecule has 1 saturated carbocycles. The molecule has 3 atom stereocenters. The molecule has 0 heterocycles. The highest BCUT2D eigenvalue weighted by molar-refractivity contribution is 4.83. The molecule has 3 unspecified atom stereocenters. The highest BCUT2D eigenvalue weighted by Gasteiger charge is 2.31. The second-order valence-electron chi connectivity index (χ2n) is 7.73. The smallest absolute Gasteiger partial charge is 0.0465 e. The Kier molecular flexibility index (Phi) is 9.59. The van der Waals surface area contributed by atoms with E-state index in [1.807, 2.05) is 0 Å². The van der Waals surface area contributed by atoms with Crippen molar-refractivity contribution in [1.82, 2.24) is 5.32 Å². The Morgan fingerprint density at radius 1 is 1.10 bits per heavy atom. The summed E-state index contributed by atoms with van der Waals surface area (Å²) in [5.74, 6) is 4.35. The van der Waals surface area contributed by atoms with Gasteiger partial charge in [-0.15, -0.1) is 0 Å². The summed E-state index contributed by atoms with van der Waals surface area (Å²) in [5.41, 5.74) is 0. The maximum atomic E-state index is 5.53. The lowest BCUT2D eigenvalue weighted by Crippen LogP contribution is -2.35. The zero-order valence-electron chi connectivity index (χ0n) is 15.2. The Hall–Kier alpha value is -0.0800. The molecular formula is C19H39NO. The first-order valence-corrected chi connectivity index (χ1v) is 9.33. The van der Waals surface area contributed by atoms with E-state index in [0.717, 1.165) is 49.3 Å². The summed E-state index contributed by atoms with van der Waals surface area (Å²) < 4.78 is 5.53. The van der Waals surface area contributed by atoms with Gasteiger partial charge in [-0.25, -0.2) is 0 Å². The maximum Gasteiger partial charge on any atom is 0.0465 e. The van der Waals surface area contributed by atoms with Crippen molar-refractivity contribution in [3.8, 4) is 0 Å². The summed E-state index contributed by atoms with van der Waals surface area (Å²) in [6.45, 7) is 15.7. The molecule has 0 aromatic rings. The van der Waals surface area contributed by atoms with Gasteiger partial charge in [0.1, 0.15) is 0 Å².